The number of ether oxygens (including phenoxy) is 2. The summed E-state index contributed by atoms with van der Waals surface area (Å²) < 4.78 is 25.7. The van der Waals surface area contributed by atoms with Gasteiger partial charge in [0.05, 0.1) is 35.2 Å². The van der Waals surface area contributed by atoms with Crippen molar-refractivity contribution in [3.63, 3.8) is 0 Å². The van der Waals surface area contributed by atoms with E-state index in [4.69, 9.17) is 14.5 Å². The number of hydrogen-bond donors (Lipinski definition) is 1. The van der Waals surface area contributed by atoms with Gasteiger partial charge < -0.3 is 24.6 Å². The quantitative estimate of drug-likeness (QED) is 0.340. The summed E-state index contributed by atoms with van der Waals surface area (Å²) in [5.41, 5.74) is 2.58. The predicted molar refractivity (Wildman–Crippen MR) is 169 cm³/mol. The Hall–Kier alpha value is -4.76. The third-order valence-corrected chi connectivity index (χ3v) is 8.92. The zero-order chi connectivity index (χ0) is 32.4. The summed E-state index contributed by atoms with van der Waals surface area (Å²) in [6.45, 7) is 5.80. The minimum Gasteiger partial charge on any atom is -0.488 e. The molecule has 0 atom stereocenters. The van der Waals surface area contributed by atoms with Crippen molar-refractivity contribution >= 4 is 17.5 Å². The highest BCUT2D eigenvalue weighted by molar-refractivity contribution is 5.96. The predicted octanol–water partition coefficient (Wildman–Crippen LogP) is 3.49. The Bertz CT molecular complexity index is 1660. The molecule has 1 saturated carbocycles. The van der Waals surface area contributed by atoms with Crippen LogP contribution in [-0.4, -0.2) is 97.2 Å². The summed E-state index contributed by atoms with van der Waals surface area (Å²) in [4.78, 5) is 40.5. The Balaban J connectivity index is 1.13. The zero-order valence-electron chi connectivity index (χ0n) is 26.3. The minimum absolute atomic E-state index is 0.0599. The highest BCUT2D eigenvalue weighted by Gasteiger charge is 2.54. The van der Waals surface area contributed by atoms with E-state index in [1.54, 1.807) is 43.4 Å². The molecule has 3 fully saturated rings. The Labute approximate surface area is 267 Å². The molecule has 46 heavy (non-hydrogen) atoms. The van der Waals surface area contributed by atoms with Crippen LogP contribution in [0.5, 0.6) is 11.6 Å². The summed E-state index contributed by atoms with van der Waals surface area (Å²) in [7, 11) is 3.49. The Morgan fingerprint density at radius 2 is 1.96 bits per heavy atom. The molecule has 2 amide bonds. The van der Waals surface area contributed by atoms with Crippen molar-refractivity contribution in [2.75, 3.05) is 58.3 Å². The number of anilines is 1. The van der Waals surface area contributed by atoms with Gasteiger partial charge in [-0.1, -0.05) is 0 Å². The van der Waals surface area contributed by atoms with Gasteiger partial charge in [-0.3, -0.25) is 14.5 Å². The second-order valence-corrected chi connectivity index (χ2v) is 12.6. The van der Waals surface area contributed by atoms with Gasteiger partial charge in [0.15, 0.2) is 11.4 Å². The van der Waals surface area contributed by atoms with Crippen LogP contribution < -0.4 is 19.7 Å². The van der Waals surface area contributed by atoms with Gasteiger partial charge in [-0.2, -0.15) is 5.26 Å². The van der Waals surface area contributed by atoms with Crippen molar-refractivity contribution in [1.29, 1.82) is 5.26 Å². The number of carbonyl (C=O) groups is 2. The van der Waals surface area contributed by atoms with Crippen LogP contribution in [0.15, 0.2) is 48.7 Å². The number of halogens is 1. The maximum atomic E-state index is 13.7. The second kappa shape index (κ2) is 12.9. The molecule has 1 aromatic carbocycles. The average Bonchev–Trinajstić information content (AvgIpc) is 2.99. The van der Waals surface area contributed by atoms with E-state index in [0.29, 0.717) is 61.1 Å². The van der Waals surface area contributed by atoms with Crippen LogP contribution in [0, 0.1) is 22.6 Å². The lowest BCUT2D eigenvalue weighted by molar-refractivity contribution is -0.129. The molecule has 12 heteroatoms. The molecule has 240 valence electrons. The van der Waals surface area contributed by atoms with Gasteiger partial charge >= 0.3 is 0 Å². The number of rotatable bonds is 11. The summed E-state index contributed by atoms with van der Waals surface area (Å²) in [5.74, 6) is 0.187. The van der Waals surface area contributed by atoms with E-state index >= 15 is 0 Å². The van der Waals surface area contributed by atoms with Crippen molar-refractivity contribution < 1.29 is 23.5 Å². The van der Waals surface area contributed by atoms with Gasteiger partial charge in [0, 0.05) is 64.9 Å². The standard InChI is InChI=1S/C34H38FN7O4/c1-4-45-33-26(6-5-12-37-33)27-8-10-29(31(39-27)32(44)38-24-18-41(19-24)13-11-30(43)40(2)3)46-25-15-34(16-25)20-42(21-34)28-9-7-23(35)14-22(28)17-36/h5-10,12,14,24-25H,4,11,13,15-16,18-21H2,1-3H3,(H,38,44). The van der Waals surface area contributed by atoms with Crippen molar-refractivity contribution in [1.82, 2.24) is 25.1 Å². The smallest absolute Gasteiger partial charge is 0.274 e. The van der Waals surface area contributed by atoms with Crippen LogP contribution in [0.25, 0.3) is 11.3 Å². The molecule has 0 bridgehead atoms. The van der Waals surface area contributed by atoms with E-state index < -0.39 is 5.82 Å². The molecule has 4 heterocycles. The van der Waals surface area contributed by atoms with Gasteiger partial charge in [-0.15, -0.1) is 0 Å². The Morgan fingerprint density at radius 3 is 2.67 bits per heavy atom. The van der Waals surface area contributed by atoms with Crippen LogP contribution in [0.3, 0.4) is 0 Å². The van der Waals surface area contributed by atoms with E-state index in [9.17, 15) is 19.2 Å². The van der Waals surface area contributed by atoms with Gasteiger partial charge in [0.2, 0.25) is 11.8 Å². The fourth-order valence-electron chi connectivity index (χ4n) is 6.50. The molecule has 3 aliphatic rings. The topological polar surface area (TPSA) is 124 Å². The first-order valence-electron chi connectivity index (χ1n) is 15.6. The first-order chi connectivity index (χ1) is 22.2. The fourth-order valence-corrected chi connectivity index (χ4v) is 6.50. The van der Waals surface area contributed by atoms with Crippen molar-refractivity contribution in [3.05, 3.63) is 65.7 Å². The zero-order valence-corrected chi connectivity index (χ0v) is 26.3. The van der Waals surface area contributed by atoms with Crippen LogP contribution in [0.2, 0.25) is 0 Å². The van der Waals surface area contributed by atoms with E-state index in [1.807, 2.05) is 19.1 Å². The van der Waals surface area contributed by atoms with Crippen LogP contribution in [-0.2, 0) is 4.79 Å². The Morgan fingerprint density at radius 1 is 1.17 bits per heavy atom. The number of aromatic nitrogens is 2. The number of pyridine rings is 2. The summed E-state index contributed by atoms with van der Waals surface area (Å²) in [5, 5.41) is 12.5. The molecular weight excluding hydrogens is 589 g/mol. The largest absolute Gasteiger partial charge is 0.488 e. The number of likely N-dealkylation sites (tertiary alicyclic amines) is 1. The first kappa shape index (κ1) is 31.2. The monoisotopic (exact) mass is 627 g/mol. The van der Waals surface area contributed by atoms with Gasteiger partial charge in [-0.05, 0) is 62.2 Å². The van der Waals surface area contributed by atoms with Gasteiger partial charge in [-0.25, -0.2) is 14.4 Å². The lowest BCUT2D eigenvalue weighted by atomic mass is 9.61. The average molecular weight is 628 g/mol. The molecular formula is C34H38FN7O4. The molecule has 1 aliphatic carbocycles. The first-order valence-corrected chi connectivity index (χ1v) is 15.6. The number of carbonyl (C=O) groups excluding carboxylic acids is 2. The van der Waals surface area contributed by atoms with Crippen LogP contribution in [0.4, 0.5) is 10.1 Å². The highest BCUT2D eigenvalue weighted by Crippen LogP contribution is 2.51. The minimum atomic E-state index is -0.420. The van der Waals surface area contributed by atoms with Gasteiger partial charge in [0.1, 0.15) is 18.0 Å². The van der Waals surface area contributed by atoms with E-state index in [1.165, 1.54) is 12.1 Å². The third kappa shape index (κ3) is 6.46. The molecule has 0 radical (unpaired) electrons. The van der Waals surface area contributed by atoms with Crippen molar-refractivity contribution in [3.8, 4) is 29.0 Å². The maximum absolute atomic E-state index is 13.7. The number of nitriles is 1. The summed E-state index contributed by atoms with van der Waals surface area (Å²) >= 11 is 0. The lowest BCUT2D eigenvalue weighted by Gasteiger charge is -2.59. The van der Waals surface area contributed by atoms with E-state index in [0.717, 1.165) is 31.6 Å². The number of hydrogen-bond acceptors (Lipinski definition) is 9. The SMILES string of the molecule is CCOc1ncccc1-c1ccc(OC2CC3(C2)CN(c2ccc(F)cc2C#N)C3)c(C(=O)NC2CN(CCC(=O)N(C)C)C2)n1. The molecule has 3 aromatic rings. The number of benzene rings is 1. The molecule has 1 spiro atoms. The second-order valence-electron chi connectivity index (χ2n) is 12.6. The van der Waals surface area contributed by atoms with Crippen molar-refractivity contribution in [2.45, 2.75) is 38.3 Å². The highest BCUT2D eigenvalue weighted by atomic mass is 19.1. The molecule has 2 aliphatic heterocycles. The molecule has 0 unspecified atom stereocenters. The normalized spacial score (nSPS) is 17.3. The van der Waals surface area contributed by atoms with Crippen LogP contribution in [0.1, 0.15) is 42.2 Å². The summed E-state index contributed by atoms with van der Waals surface area (Å²) in [6.07, 6.45) is 3.60. The molecule has 11 nitrogen and oxygen atoms in total. The molecule has 2 saturated heterocycles. The number of amides is 2. The fraction of sp³-hybridized carbons (Fsp3) is 0.441. The van der Waals surface area contributed by atoms with Crippen molar-refractivity contribution in [2.24, 2.45) is 5.41 Å². The number of nitrogens with one attached hydrogen (secondary N) is 1. The van der Waals surface area contributed by atoms with E-state index in [2.05, 4.69) is 26.2 Å². The van der Waals surface area contributed by atoms with E-state index in [-0.39, 0.29) is 35.1 Å². The van der Waals surface area contributed by atoms with Crippen LogP contribution >= 0.6 is 0 Å². The number of nitrogens with zero attached hydrogens (tertiary/aromatic N) is 6. The third-order valence-electron chi connectivity index (χ3n) is 8.92. The molecule has 6 rings (SSSR count). The molecule has 1 N–H and O–H groups in total. The van der Waals surface area contributed by atoms with Gasteiger partial charge in [0.25, 0.3) is 5.91 Å². The lowest BCUT2D eigenvalue weighted by Crippen LogP contribution is -2.65. The molecule has 2 aromatic heterocycles. The summed E-state index contributed by atoms with van der Waals surface area (Å²) in [6, 6.07) is 13.6. The maximum Gasteiger partial charge on any atom is 0.274 e. The Kier molecular flexibility index (Phi) is 8.77.